The number of aromatic nitrogens is 1. The summed E-state index contributed by atoms with van der Waals surface area (Å²) in [7, 11) is 0. The summed E-state index contributed by atoms with van der Waals surface area (Å²) in [6, 6.07) is 12.3. The highest BCUT2D eigenvalue weighted by Gasteiger charge is 2.24. The van der Waals surface area contributed by atoms with Gasteiger partial charge in [0.05, 0.1) is 24.8 Å². The van der Waals surface area contributed by atoms with Crippen LogP contribution >= 0.6 is 0 Å². The summed E-state index contributed by atoms with van der Waals surface area (Å²) in [5.74, 6) is 0.414. The fourth-order valence-electron chi connectivity index (χ4n) is 3.63. The second-order valence-electron chi connectivity index (χ2n) is 7.35. The van der Waals surface area contributed by atoms with Crippen LogP contribution < -0.4 is 10.6 Å². The van der Waals surface area contributed by atoms with Crippen molar-refractivity contribution in [3.8, 4) is 6.07 Å². The zero-order valence-corrected chi connectivity index (χ0v) is 16.8. The van der Waals surface area contributed by atoms with Gasteiger partial charge in [0.1, 0.15) is 11.9 Å². The third-order valence-electron chi connectivity index (χ3n) is 5.48. The second-order valence-corrected chi connectivity index (χ2v) is 7.35. The van der Waals surface area contributed by atoms with Crippen molar-refractivity contribution >= 4 is 11.7 Å². The molecule has 2 N–H and O–H groups in total. The Bertz CT molecular complexity index is 861. The van der Waals surface area contributed by atoms with E-state index in [0.29, 0.717) is 17.9 Å². The van der Waals surface area contributed by atoms with Crippen molar-refractivity contribution in [2.75, 3.05) is 18.5 Å². The van der Waals surface area contributed by atoms with Crippen LogP contribution in [0.5, 0.6) is 0 Å². The molecule has 0 saturated carbocycles. The molecule has 0 spiro atoms. The van der Waals surface area contributed by atoms with Gasteiger partial charge in [0.25, 0.3) is 0 Å². The Kier molecular flexibility index (Phi) is 6.50. The molecule has 28 heavy (non-hydrogen) atoms. The number of nitrogens with one attached hydrogen (secondary N) is 2. The number of carbonyl (C=O) groups is 1. The first-order valence-corrected chi connectivity index (χ1v) is 9.80. The Hall–Kier alpha value is -2.62. The van der Waals surface area contributed by atoms with E-state index in [1.807, 2.05) is 55.7 Å². The van der Waals surface area contributed by atoms with E-state index in [2.05, 4.69) is 16.7 Å². The number of nitriles is 1. The van der Waals surface area contributed by atoms with Crippen molar-refractivity contribution in [1.82, 2.24) is 9.88 Å². The van der Waals surface area contributed by atoms with Gasteiger partial charge in [-0.05, 0) is 44.7 Å². The molecule has 2 heterocycles. The first kappa shape index (κ1) is 20.1. The zero-order valence-electron chi connectivity index (χ0n) is 16.8. The Morgan fingerprint density at radius 3 is 2.75 bits per heavy atom. The largest absolute Gasteiger partial charge is 0.376 e. The van der Waals surface area contributed by atoms with Gasteiger partial charge < -0.3 is 19.9 Å². The molecule has 1 aliphatic heterocycles. The Balaban J connectivity index is 1.70. The number of hydrogen-bond donors (Lipinski definition) is 2. The molecule has 0 unspecified atom stereocenters. The SMILES string of the molecule is Cc1c(C#N)c(NC(=O)CN[C@H](C)c2ccccc2)n(C[C@H]2CCCO2)c1C. The highest BCUT2D eigenvalue weighted by Crippen LogP contribution is 2.28. The molecule has 1 aromatic heterocycles. The molecule has 1 fully saturated rings. The lowest BCUT2D eigenvalue weighted by Gasteiger charge is -2.18. The van der Waals surface area contributed by atoms with Gasteiger partial charge in [-0.2, -0.15) is 5.26 Å². The summed E-state index contributed by atoms with van der Waals surface area (Å²) in [6.45, 7) is 7.53. The summed E-state index contributed by atoms with van der Waals surface area (Å²) in [6.07, 6.45) is 2.18. The Morgan fingerprint density at radius 1 is 1.36 bits per heavy atom. The smallest absolute Gasteiger partial charge is 0.239 e. The second kappa shape index (κ2) is 9.05. The van der Waals surface area contributed by atoms with Crippen LogP contribution in [-0.2, 0) is 16.1 Å². The van der Waals surface area contributed by atoms with Gasteiger partial charge in [-0.15, -0.1) is 0 Å². The molecular weight excluding hydrogens is 352 g/mol. The molecule has 6 heteroatoms. The highest BCUT2D eigenvalue weighted by atomic mass is 16.5. The molecule has 1 aliphatic rings. The van der Waals surface area contributed by atoms with Gasteiger partial charge in [0, 0.05) is 18.3 Å². The van der Waals surface area contributed by atoms with Crippen LogP contribution in [-0.4, -0.2) is 29.7 Å². The van der Waals surface area contributed by atoms with Crippen LogP contribution in [0, 0.1) is 25.2 Å². The number of rotatable bonds is 7. The fourth-order valence-corrected chi connectivity index (χ4v) is 3.63. The lowest BCUT2D eigenvalue weighted by atomic mass is 10.1. The van der Waals surface area contributed by atoms with Crippen molar-refractivity contribution in [3.05, 3.63) is 52.7 Å². The highest BCUT2D eigenvalue weighted by molar-refractivity contribution is 5.93. The van der Waals surface area contributed by atoms with E-state index in [1.54, 1.807) is 0 Å². The quantitative estimate of drug-likeness (QED) is 0.771. The van der Waals surface area contributed by atoms with Crippen molar-refractivity contribution in [2.45, 2.75) is 52.3 Å². The molecule has 1 amide bonds. The van der Waals surface area contributed by atoms with Crippen LogP contribution in [0.1, 0.15) is 48.2 Å². The van der Waals surface area contributed by atoms with E-state index in [0.717, 1.165) is 36.3 Å². The molecule has 2 aromatic rings. The number of nitrogens with zero attached hydrogens (tertiary/aromatic N) is 2. The molecule has 0 bridgehead atoms. The first-order chi connectivity index (χ1) is 13.5. The maximum atomic E-state index is 12.6. The van der Waals surface area contributed by atoms with E-state index in [-0.39, 0.29) is 24.6 Å². The monoisotopic (exact) mass is 380 g/mol. The number of carbonyl (C=O) groups excluding carboxylic acids is 1. The minimum Gasteiger partial charge on any atom is -0.376 e. The molecule has 1 aromatic carbocycles. The van der Waals surface area contributed by atoms with Crippen LogP contribution in [0.3, 0.4) is 0 Å². The molecular formula is C22H28N4O2. The van der Waals surface area contributed by atoms with Crippen molar-refractivity contribution < 1.29 is 9.53 Å². The van der Waals surface area contributed by atoms with Crippen molar-refractivity contribution in [2.24, 2.45) is 0 Å². The number of benzene rings is 1. The fraction of sp³-hybridized carbons (Fsp3) is 0.455. The Morgan fingerprint density at radius 2 is 2.11 bits per heavy atom. The van der Waals surface area contributed by atoms with Gasteiger partial charge >= 0.3 is 0 Å². The summed E-state index contributed by atoms with van der Waals surface area (Å²) in [4.78, 5) is 12.6. The average molecular weight is 380 g/mol. The van der Waals surface area contributed by atoms with Crippen molar-refractivity contribution in [1.29, 1.82) is 5.26 Å². The molecule has 0 aliphatic carbocycles. The van der Waals surface area contributed by atoms with Crippen LogP contribution in [0.15, 0.2) is 30.3 Å². The first-order valence-electron chi connectivity index (χ1n) is 9.80. The Labute approximate surface area is 166 Å². The number of ether oxygens (including phenoxy) is 1. The van der Waals surface area contributed by atoms with E-state index in [4.69, 9.17) is 4.74 Å². The van der Waals surface area contributed by atoms with Gasteiger partial charge in [0.15, 0.2) is 0 Å². The number of amides is 1. The van der Waals surface area contributed by atoms with E-state index < -0.39 is 0 Å². The molecule has 3 rings (SSSR count). The summed E-state index contributed by atoms with van der Waals surface area (Å²) in [5.41, 5.74) is 3.55. The van der Waals surface area contributed by atoms with E-state index in [9.17, 15) is 10.1 Å². The third kappa shape index (κ3) is 4.44. The maximum absolute atomic E-state index is 12.6. The molecule has 0 radical (unpaired) electrons. The number of anilines is 1. The van der Waals surface area contributed by atoms with Gasteiger partial charge in [-0.3, -0.25) is 4.79 Å². The molecule has 6 nitrogen and oxygen atoms in total. The van der Waals surface area contributed by atoms with Crippen molar-refractivity contribution in [3.63, 3.8) is 0 Å². The molecule has 1 saturated heterocycles. The zero-order chi connectivity index (χ0) is 20.1. The van der Waals surface area contributed by atoms with Gasteiger partial charge in [-0.1, -0.05) is 30.3 Å². The van der Waals surface area contributed by atoms with Crippen LogP contribution in [0.25, 0.3) is 0 Å². The predicted octanol–water partition coefficient (Wildman–Crippen LogP) is 3.44. The van der Waals surface area contributed by atoms with E-state index >= 15 is 0 Å². The summed E-state index contributed by atoms with van der Waals surface area (Å²) in [5, 5.41) is 15.8. The van der Waals surface area contributed by atoms with Crippen LogP contribution in [0.2, 0.25) is 0 Å². The number of hydrogen-bond acceptors (Lipinski definition) is 4. The van der Waals surface area contributed by atoms with E-state index in [1.165, 1.54) is 0 Å². The summed E-state index contributed by atoms with van der Waals surface area (Å²) >= 11 is 0. The third-order valence-corrected chi connectivity index (χ3v) is 5.48. The topological polar surface area (TPSA) is 79.1 Å². The van der Waals surface area contributed by atoms with Gasteiger partial charge in [-0.25, -0.2) is 0 Å². The maximum Gasteiger partial charge on any atom is 0.239 e. The predicted molar refractivity (Wildman–Crippen MR) is 109 cm³/mol. The minimum atomic E-state index is -0.162. The summed E-state index contributed by atoms with van der Waals surface area (Å²) < 4.78 is 7.77. The average Bonchev–Trinajstić information content (AvgIpc) is 3.30. The minimum absolute atomic E-state index is 0.0598. The normalized spacial score (nSPS) is 17.3. The van der Waals surface area contributed by atoms with Gasteiger partial charge in [0.2, 0.25) is 5.91 Å². The van der Waals surface area contributed by atoms with Crippen LogP contribution in [0.4, 0.5) is 5.82 Å². The lowest BCUT2D eigenvalue weighted by molar-refractivity contribution is -0.115. The molecule has 2 atom stereocenters. The standard InChI is InChI=1S/C22H28N4O2/c1-15-17(3)26(14-19-10-7-11-28-19)22(20(15)12-23)25-21(27)13-24-16(2)18-8-5-4-6-9-18/h4-6,8-9,16,19,24H,7,10-11,13-14H2,1-3H3,(H,25,27)/t16-,19-/m1/s1. The lowest BCUT2D eigenvalue weighted by Crippen LogP contribution is -2.31. The molecule has 148 valence electrons.